The van der Waals surface area contributed by atoms with E-state index in [-0.39, 0.29) is 0 Å². The van der Waals surface area contributed by atoms with Gasteiger partial charge in [0.15, 0.2) is 6.10 Å². The van der Waals surface area contributed by atoms with E-state index < -0.39 is 12.1 Å². The summed E-state index contributed by atoms with van der Waals surface area (Å²) in [6.07, 6.45) is 6.86. The van der Waals surface area contributed by atoms with Gasteiger partial charge in [0.2, 0.25) is 0 Å². The number of allylic oxidation sites excluding steroid dienone is 3. The first kappa shape index (κ1) is 8.84. The molecular formula is C9H12O3. The molecule has 0 amide bonds. The molecule has 1 rings (SSSR count). The summed E-state index contributed by atoms with van der Waals surface area (Å²) < 4.78 is 5.13. The normalized spacial score (nSPS) is 18.2. The standard InChI is InChI=1S/C9H12O3/c1-7(9(10)11)12-8-5-3-2-4-6-8/h3,5-7H,2,4H2,1H3,(H,10,11). The van der Waals surface area contributed by atoms with Crippen LogP contribution in [0.2, 0.25) is 0 Å². The van der Waals surface area contributed by atoms with E-state index in [0.717, 1.165) is 12.8 Å². The summed E-state index contributed by atoms with van der Waals surface area (Å²) in [5, 5.41) is 8.54. The van der Waals surface area contributed by atoms with Crippen LogP contribution < -0.4 is 0 Å². The average Bonchev–Trinajstić information content (AvgIpc) is 2.06. The summed E-state index contributed by atoms with van der Waals surface area (Å²) in [6.45, 7) is 1.52. The first-order valence-electron chi connectivity index (χ1n) is 3.96. The highest BCUT2D eigenvalue weighted by atomic mass is 16.5. The molecule has 3 nitrogen and oxygen atoms in total. The predicted molar refractivity (Wildman–Crippen MR) is 44.6 cm³/mol. The lowest BCUT2D eigenvalue weighted by molar-refractivity contribution is -0.146. The molecule has 66 valence electrons. The second kappa shape index (κ2) is 3.95. The zero-order valence-electron chi connectivity index (χ0n) is 6.99. The summed E-state index contributed by atoms with van der Waals surface area (Å²) in [5.74, 6) is -0.272. The van der Waals surface area contributed by atoms with Gasteiger partial charge in [-0.25, -0.2) is 4.79 Å². The smallest absolute Gasteiger partial charge is 0.344 e. The van der Waals surface area contributed by atoms with Gasteiger partial charge in [-0.3, -0.25) is 0 Å². The van der Waals surface area contributed by atoms with Crippen molar-refractivity contribution in [2.24, 2.45) is 0 Å². The van der Waals surface area contributed by atoms with Crippen molar-refractivity contribution in [3.63, 3.8) is 0 Å². The second-order valence-electron chi connectivity index (χ2n) is 2.68. The third kappa shape index (κ3) is 2.42. The molecule has 0 heterocycles. The SMILES string of the molecule is CC(OC1=CCCC=C1)C(=O)O. The maximum Gasteiger partial charge on any atom is 0.344 e. The van der Waals surface area contributed by atoms with Crippen molar-refractivity contribution < 1.29 is 14.6 Å². The molecule has 0 aliphatic heterocycles. The Morgan fingerprint density at radius 3 is 2.92 bits per heavy atom. The lowest BCUT2D eigenvalue weighted by Gasteiger charge is -2.12. The van der Waals surface area contributed by atoms with Crippen LogP contribution in [-0.2, 0) is 9.53 Å². The Morgan fingerprint density at radius 1 is 1.67 bits per heavy atom. The highest BCUT2D eigenvalue weighted by Crippen LogP contribution is 2.12. The zero-order chi connectivity index (χ0) is 8.97. The Labute approximate surface area is 71.3 Å². The molecule has 1 aliphatic carbocycles. The predicted octanol–water partition coefficient (Wildman–Crippen LogP) is 1.71. The fourth-order valence-corrected chi connectivity index (χ4v) is 0.931. The third-order valence-corrected chi connectivity index (χ3v) is 1.62. The molecule has 12 heavy (non-hydrogen) atoms. The minimum Gasteiger partial charge on any atom is -0.479 e. The monoisotopic (exact) mass is 168 g/mol. The number of hydrogen-bond acceptors (Lipinski definition) is 2. The van der Waals surface area contributed by atoms with Crippen molar-refractivity contribution in [1.82, 2.24) is 0 Å². The van der Waals surface area contributed by atoms with E-state index in [0.29, 0.717) is 5.76 Å². The van der Waals surface area contributed by atoms with Crippen LogP contribution in [0.15, 0.2) is 24.0 Å². The molecule has 0 saturated heterocycles. The molecule has 0 spiro atoms. The van der Waals surface area contributed by atoms with Gasteiger partial charge in [0, 0.05) is 0 Å². The number of carboxylic acids is 1. The number of aliphatic carboxylic acids is 1. The van der Waals surface area contributed by atoms with Gasteiger partial charge >= 0.3 is 5.97 Å². The minimum absolute atomic E-state index is 0.663. The van der Waals surface area contributed by atoms with Crippen molar-refractivity contribution >= 4 is 5.97 Å². The Balaban J connectivity index is 2.45. The van der Waals surface area contributed by atoms with Crippen molar-refractivity contribution in [2.45, 2.75) is 25.9 Å². The molecular weight excluding hydrogens is 156 g/mol. The van der Waals surface area contributed by atoms with Crippen molar-refractivity contribution in [3.8, 4) is 0 Å². The summed E-state index contributed by atoms with van der Waals surface area (Å²) in [4.78, 5) is 10.4. The Morgan fingerprint density at radius 2 is 2.42 bits per heavy atom. The van der Waals surface area contributed by atoms with E-state index in [1.165, 1.54) is 6.92 Å². The van der Waals surface area contributed by atoms with Crippen LogP contribution in [0.5, 0.6) is 0 Å². The topological polar surface area (TPSA) is 46.5 Å². The molecule has 3 heteroatoms. The number of hydrogen-bond donors (Lipinski definition) is 1. The molecule has 0 aromatic rings. The molecule has 1 N–H and O–H groups in total. The molecule has 1 aliphatic rings. The first-order chi connectivity index (χ1) is 5.70. The second-order valence-corrected chi connectivity index (χ2v) is 2.68. The number of ether oxygens (including phenoxy) is 1. The summed E-state index contributed by atoms with van der Waals surface area (Å²) in [6, 6.07) is 0. The first-order valence-corrected chi connectivity index (χ1v) is 3.96. The van der Waals surface area contributed by atoms with E-state index in [4.69, 9.17) is 9.84 Å². The molecule has 0 bridgehead atoms. The minimum atomic E-state index is -0.935. The maximum atomic E-state index is 10.4. The van der Waals surface area contributed by atoms with E-state index >= 15 is 0 Å². The Hall–Kier alpha value is -1.25. The van der Waals surface area contributed by atoms with Crippen LogP contribution in [0.3, 0.4) is 0 Å². The molecule has 0 aromatic carbocycles. The molecule has 0 fully saturated rings. The Bertz CT molecular complexity index is 228. The van der Waals surface area contributed by atoms with Gasteiger partial charge in [-0.15, -0.1) is 0 Å². The molecule has 1 atom stereocenters. The fourth-order valence-electron chi connectivity index (χ4n) is 0.931. The van der Waals surface area contributed by atoms with Gasteiger partial charge in [-0.2, -0.15) is 0 Å². The van der Waals surface area contributed by atoms with Crippen molar-refractivity contribution in [1.29, 1.82) is 0 Å². The number of rotatable bonds is 3. The van der Waals surface area contributed by atoms with Crippen LogP contribution in [0.25, 0.3) is 0 Å². The van der Waals surface area contributed by atoms with Crippen LogP contribution in [0, 0.1) is 0 Å². The van der Waals surface area contributed by atoms with Gasteiger partial charge in [0.1, 0.15) is 5.76 Å². The number of carboxylic acid groups (broad SMARTS) is 1. The van der Waals surface area contributed by atoms with E-state index in [1.54, 1.807) is 0 Å². The highest BCUT2D eigenvalue weighted by Gasteiger charge is 2.12. The number of carbonyl (C=O) groups is 1. The summed E-state index contributed by atoms with van der Waals surface area (Å²) in [7, 11) is 0. The fraction of sp³-hybridized carbons (Fsp3) is 0.444. The van der Waals surface area contributed by atoms with Gasteiger partial charge < -0.3 is 9.84 Å². The van der Waals surface area contributed by atoms with E-state index in [9.17, 15) is 4.79 Å². The van der Waals surface area contributed by atoms with Crippen LogP contribution >= 0.6 is 0 Å². The van der Waals surface area contributed by atoms with Crippen LogP contribution in [0.1, 0.15) is 19.8 Å². The highest BCUT2D eigenvalue weighted by molar-refractivity contribution is 5.71. The average molecular weight is 168 g/mol. The van der Waals surface area contributed by atoms with Crippen LogP contribution in [0.4, 0.5) is 0 Å². The molecule has 1 unspecified atom stereocenters. The zero-order valence-corrected chi connectivity index (χ0v) is 6.99. The van der Waals surface area contributed by atoms with E-state index in [2.05, 4.69) is 0 Å². The quantitative estimate of drug-likeness (QED) is 0.697. The van der Waals surface area contributed by atoms with Crippen LogP contribution in [-0.4, -0.2) is 17.2 Å². The maximum absolute atomic E-state index is 10.4. The lowest BCUT2D eigenvalue weighted by atomic mass is 10.2. The Kier molecular flexibility index (Phi) is 2.91. The lowest BCUT2D eigenvalue weighted by Crippen LogP contribution is -2.19. The van der Waals surface area contributed by atoms with Gasteiger partial charge in [-0.1, -0.05) is 6.08 Å². The third-order valence-electron chi connectivity index (χ3n) is 1.62. The molecule has 0 radical (unpaired) electrons. The van der Waals surface area contributed by atoms with Crippen molar-refractivity contribution in [2.75, 3.05) is 0 Å². The van der Waals surface area contributed by atoms with Gasteiger partial charge in [-0.05, 0) is 31.9 Å². The molecule has 0 aromatic heterocycles. The largest absolute Gasteiger partial charge is 0.479 e. The van der Waals surface area contributed by atoms with Crippen molar-refractivity contribution in [3.05, 3.63) is 24.0 Å². The molecule has 0 saturated carbocycles. The van der Waals surface area contributed by atoms with Gasteiger partial charge in [0.25, 0.3) is 0 Å². The van der Waals surface area contributed by atoms with Gasteiger partial charge in [0.05, 0.1) is 0 Å². The summed E-state index contributed by atoms with van der Waals surface area (Å²) >= 11 is 0. The van der Waals surface area contributed by atoms with E-state index in [1.807, 2.05) is 18.2 Å². The summed E-state index contributed by atoms with van der Waals surface area (Å²) in [5.41, 5.74) is 0.